The molecule has 0 N–H and O–H groups in total. The van der Waals surface area contributed by atoms with Crippen LogP contribution in [-0.2, 0) is 17.8 Å². The Morgan fingerprint density at radius 2 is 0.800 bits per heavy atom. The van der Waals surface area contributed by atoms with Crippen molar-refractivity contribution in [2.24, 2.45) is 0 Å². The van der Waals surface area contributed by atoms with E-state index in [2.05, 4.69) is 4.90 Å². The lowest BCUT2D eigenvalue weighted by atomic mass is 9.62. The van der Waals surface area contributed by atoms with Gasteiger partial charge in [0.05, 0.1) is 27.9 Å². The predicted octanol–water partition coefficient (Wildman–Crippen LogP) is 9.89. The van der Waals surface area contributed by atoms with Crippen molar-refractivity contribution in [2.75, 3.05) is 4.90 Å². The number of rotatable bonds is 3. The molecule has 1 aliphatic rings. The van der Waals surface area contributed by atoms with Crippen LogP contribution in [0.2, 0.25) is 0 Å². The molecule has 6 rings (SSSR count). The minimum absolute atomic E-state index is 0.507. The van der Waals surface area contributed by atoms with Crippen LogP contribution >= 0.6 is 0 Å². The monoisotopic (exact) mass is 545 g/mol. The Bertz CT molecular complexity index is 1550. The highest BCUT2D eigenvalue weighted by atomic mass is 19.4. The van der Waals surface area contributed by atoms with Crippen molar-refractivity contribution >= 4 is 17.1 Å². The molecule has 0 bridgehead atoms. The minimum atomic E-state index is -4.54. The average Bonchev–Trinajstić information content (AvgIpc) is 2.96. The fourth-order valence-electron chi connectivity index (χ4n) is 5.71. The third kappa shape index (κ3) is 4.04. The zero-order chi connectivity index (χ0) is 28.1. The van der Waals surface area contributed by atoms with E-state index in [9.17, 15) is 26.3 Å². The Balaban J connectivity index is 1.71. The second-order valence-corrected chi connectivity index (χ2v) is 9.61. The predicted molar refractivity (Wildman–Crippen MR) is 143 cm³/mol. The van der Waals surface area contributed by atoms with Crippen molar-refractivity contribution in [1.29, 1.82) is 0 Å². The van der Waals surface area contributed by atoms with Gasteiger partial charge >= 0.3 is 12.4 Å². The Kier molecular flexibility index (Phi) is 5.98. The van der Waals surface area contributed by atoms with Crippen molar-refractivity contribution in [3.8, 4) is 0 Å². The maximum Gasteiger partial charge on any atom is 0.416 e. The number of hydrogen-bond donors (Lipinski definition) is 0. The Morgan fingerprint density at radius 1 is 0.425 bits per heavy atom. The van der Waals surface area contributed by atoms with E-state index >= 15 is 0 Å². The first kappa shape index (κ1) is 25.7. The van der Waals surface area contributed by atoms with Gasteiger partial charge in [-0.1, -0.05) is 78.9 Å². The molecule has 0 aromatic heterocycles. The minimum Gasteiger partial charge on any atom is -0.310 e. The van der Waals surface area contributed by atoms with Crippen molar-refractivity contribution in [2.45, 2.75) is 17.8 Å². The number of hydrogen-bond acceptors (Lipinski definition) is 1. The van der Waals surface area contributed by atoms with Crippen LogP contribution in [-0.4, -0.2) is 0 Å². The molecule has 0 atom stereocenters. The van der Waals surface area contributed by atoms with Crippen molar-refractivity contribution < 1.29 is 26.3 Å². The summed E-state index contributed by atoms with van der Waals surface area (Å²) in [6, 6.07) is 34.4. The highest BCUT2D eigenvalue weighted by molar-refractivity contribution is 5.89. The largest absolute Gasteiger partial charge is 0.416 e. The van der Waals surface area contributed by atoms with Gasteiger partial charge in [-0.05, 0) is 70.8 Å². The first-order chi connectivity index (χ1) is 19.1. The number of fused-ring (bicyclic) bond motifs is 2. The van der Waals surface area contributed by atoms with Gasteiger partial charge in [-0.2, -0.15) is 26.3 Å². The second-order valence-electron chi connectivity index (χ2n) is 9.61. The highest BCUT2D eigenvalue weighted by Crippen LogP contribution is 2.57. The molecule has 40 heavy (non-hydrogen) atoms. The number of para-hydroxylation sites is 3. The molecule has 5 aromatic rings. The molecule has 0 saturated carbocycles. The smallest absolute Gasteiger partial charge is 0.310 e. The Labute approximate surface area is 227 Å². The first-order valence-electron chi connectivity index (χ1n) is 12.5. The van der Waals surface area contributed by atoms with Gasteiger partial charge in [-0.25, -0.2) is 0 Å². The van der Waals surface area contributed by atoms with E-state index in [1.54, 1.807) is 0 Å². The molecule has 0 radical (unpaired) electrons. The van der Waals surface area contributed by atoms with E-state index in [0.29, 0.717) is 11.1 Å². The average molecular weight is 546 g/mol. The van der Waals surface area contributed by atoms with Gasteiger partial charge in [-0.3, -0.25) is 0 Å². The van der Waals surface area contributed by atoms with Gasteiger partial charge in [0.2, 0.25) is 0 Å². The molecular formula is C33H21F6N. The van der Waals surface area contributed by atoms with E-state index in [-0.39, 0.29) is 0 Å². The van der Waals surface area contributed by atoms with Crippen molar-refractivity contribution in [3.05, 3.63) is 161 Å². The Hall–Kier alpha value is -4.52. The summed E-state index contributed by atoms with van der Waals surface area (Å²) < 4.78 is 81.2. The summed E-state index contributed by atoms with van der Waals surface area (Å²) in [6.45, 7) is 0. The third-order valence-corrected chi connectivity index (χ3v) is 7.40. The second kappa shape index (κ2) is 9.30. The van der Waals surface area contributed by atoms with Crippen LogP contribution in [0.4, 0.5) is 43.4 Å². The molecule has 0 unspecified atom stereocenters. The normalized spacial score (nSPS) is 14.4. The van der Waals surface area contributed by atoms with Crippen LogP contribution in [0.25, 0.3) is 0 Å². The van der Waals surface area contributed by atoms with Crippen LogP contribution in [0.5, 0.6) is 0 Å². The van der Waals surface area contributed by atoms with Crippen molar-refractivity contribution in [1.82, 2.24) is 0 Å². The van der Waals surface area contributed by atoms with Gasteiger partial charge in [0.25, 0.3) is 0 Å². The fraction of sp³-hybridized carbons (Fsp3) is 0.0909. The molecule has 1 nitrogen and oxygen atoms in total. The molecule has 1 aliphatic heterocycles. The quantitative estimate of drug-likeness (QED) is 0.200. The van der Waals surface area contributed by atoms with E-state index in [1.165, 1.54) is 24.3 Å². The maximum absolute atomic E-state index is 13.5. The lowest BCUT2D eigenvalue weighted by Crippen LogP contribution is -2.37. The third-order valence-electron chi connectivity index (χ3n) is 7.40. The summed E-state index contributed by atoms with van der Waals surface area (Å²) >= 11 is 0. The number of nitrogens with zero attached hydrogens (tertiary/aromatic N) is 1. The summed E-state index contributed by atoms with van der Waals surface area (Å²) in [5.74, 6) is 0. The van der Waals surface area contributed by atoms with Gasteiger partial charge in [0.15, 0.2) is 0 Å². The molecule has 0 amide bonds. The molecule has 0 aliphatic carbocycles. The van der Waals surface area contributed by atoms with Crippen LogP contribution in [0, 0.1) is 0 Å². The Morgan fingerprint density at radius 3 is 1.20 bits per heavy atom. The molecule has 1 heterocycles. The van der Waals surface area contributed by atoms with E-state index in [4.69, 9.17) is 0 Å². The number of alkyl halides is 6. The molecule has 0 fully saturated rings. The maximum atomic E-state index is 13.5. The van der Waals surface area contributed by atoms with Gasteiger partial charge < -0.3 is 4.90 Å². The zero-order valence-electron chi connectivity index (χ0n) is 20.8. The zero-order valence-corrected chi connectivity index (χ0v) is 20.8. The topological polar surface area (TPSA) is 3.24 Å². The number of benzene rings is 5. The van der Waals surface area contributed by atoms with E-state index in [0.717, 1.165) is 52.5 Å². The number of halogens is 6. The molecule has 0 saturated heterocycles. The van der Waals surface area contributed by atoms with Gasteiger partial charge in [0.1, 0.15) is 0 Å². The SMILES string of the molecule is FC(F)(F)c1ccc(C2(c3ccc(C(F)(F)F)cc3)c3ccccc3N(c3ccccc3)c3ccccc32)cc1. The fourth-order valence-corrected chi connectivity index (χ4v) is 5.71. The summed E-state index contributed by atoms with van der Waals surface area (Å²) in [6.07, 6.45) is -9.07. The van der Waals surface area contributed by atoms with Gasteiger partial charge in [0, 0.05) is 5.69 Å². The van der Waals surface area contributed by atoms with Crippen LogP contribution < -0.4 is 4.90 Å². The molecule has 0 spiro atoms. The molecular weight excluding hydrogens is 524 g/mol. The van der Waals surface area contributed by atoms with E-state index < -0.39 is 28.9 Å². The summed E-state index contributed by atoms with van der Waals surface area (Å²) in [5, 5.41) is 0. The summed E-state index contributed by atoms with van der Waals surface area (Å²) in [7, 11) is 0. The first-order valence-corrected chi connectivity index (χ1v) is 12.5. The highest BCUT2D eigenvalue weighted by Gasteiger charge is 2.47. The molecule has 5 aromatic carbocycles. The standard InChI is InChI=1S/C33H21F6N/c34-32(35,36)24-18-14-22(15-19-24)31(23-16-20-25(21-17-23)33(37,38)39)27-10-4-6-12-29(27)40(26-8-2-1-3-9-26)30-13-7-5-11-28(30)31/h1-21H. The lowest BCUT2D eigenvalue weighted by Gasteiger charge is -2.46. The van der Waals surface area contributed by atoms with Gasteiger partial charge in [-0.15, -0.1) is 0 Å². The summed E-state index contributed by atoms with van der Waals surface area (Å²) in [5.41, 5.74) is 2.08. The van der Waals surface area contributed by atoms with Crippen LogP contribution in [0.3, 0.4) is 0 Å². The molecule has 7 heteroatoms. The van der Waals surface area contributed by atoms with Crippen LogP contribution in [0.15, 0.2) is 127 Å². The molecule has 200 valence electrons. The van der Waals surface area contributed by atoms with Crippen LogP contribution in [0.1, 0.15) is 33.4 Å². The number of anilines is 3. The van der Waals surface area contributed by atoms with E-state index in [1.807, 2.05) is 78.9 Å². The van der Waals surface area contributed by atoms with Crippen molar-refractivity contribution in [3.63, 3.8) is 0 Å². The summed E-state index contributed by atoms with van der Waals surface area (Å²) in [4.78, 5) is 2.07. The lowest BCUT2D eigenvalue weighted by molar-refractivity contribution is -0.138.